The fourth-order valence-electron chi connectivity index (χ4n) is 2.14. The molecule has 0 saturated carbocycles. The van der Waals surface area contributed by atoms with E-state index < -0.39 is 12.6 Å². The Balaban J connectivity index is 1.59. The van der Waals surface area contributed by atoms with Crippen LogP contribution in [0, 0.1) is 0 Å². The molecular formula is C19H12Cl2N2O3. The number of Topliss-reactive ketones (excluding diaryl/α,β-unsaturated/α-hetero) is 1. The van der Waals surface area contributed by atoms with Gasteiger partial charge in [0.25, 0.3) is 0 Å². The number of hydrogen-bond donors (Lipinski definition) is 0. The lowest BCUT2D eigenvalue weighted by atomic mass is 10.1. The van der Waals surface area contributed by atoms with Crippen LogP contribution in [0.3, 0.4) is 0 Å². The highest BCUT2D eigenvalue weighted by molar-refractivity contribution is 6.42. The number of nitrogens with zero attached hydrogens (tertiary/aromatic N) is 2. The lowest BCUT2D eigenvalue weighted by Crippen LogP contribution is -2.12. The predicted octanol–water partition coefficient (Wildman–Crippen LogP) is 4.38. The number of fused-ring (bicyclic) bond motifs is 1. The SMILES string of the molecule is O=C(/C=C/c1cnc2ccccc2n1)OCC(=O)c1ccc(Cl)c(Cl)c1. The maximum Gasteiger partial charge on any atom is 0.331 e. The maximum absolute atomic E-state index is 12.0. The van der Waals surface area contributed by atoms with Crippen molar-refractivity contribution in [1.29, 1.82) is 0 Å². The Kier molecular flexibility index (Phi) is 5.61. The molecule has 130 valence electrons. The van der Waals surface area contributed by atoms with E-state index in [0.717, 1.165) is 11.0 Å². The van der Waals surface area contributed by atoms with Crippen LogP contribution in [0.1, 0.15) is 16.1 Å². The van der Waals surface area contributed by atoms with Crippen molar-refractivity contribution in [3.63, 3.8) is 0 Å². The van der Waals surface area contributed by atoms with Gasteiger partial charge in [0.2, 0.25) is 0 Å². The monoisotopic (exact) mass is 386 g/mol. The number of halogens is 2. The van der Waals surface area contributed by atoms with Crippen LogP contribution in [-0.4, -0.2) is 28.3 Å². The van der Waals surface area contributed by atoms with Gasteiger partial charge in [-0.3, -0.25) is 9.78 Å². The Bertz CT molecular complexity index is 1020. The van der Waals surface area contributed by atoms with Crippen molar-refractivity contribution in [2.24, 2.45) is 0 Å². The third-order valence-corrected chi connectivity index (χ3v) is 4.18. The Morgan fingerprint density at radius 3 is 2.58 bits per heavy atom. The van der Waals surface area contributed by atoms with E-state index in [0.29, 0.717) is 16.3 Å². The van der Waals surface area contributed by atoms with Gasteiger partial charge in [0.05, 0.1) is 33.0 Å². The number of carbonyl (C=O) groups excluding carboxylic acids is 2. The fraction of sp³-hybridized carbons (Fsp3) is 0.0526. The quantitative estimate of drug-likeness (QED) is 0.369. The van der Waals surface area contributed by atoms with Gasteiger partial charge in [-0.05, 0) is 36.4 Å². The summed E-state index contributed by atoms with van der Waals surface area (Å²) in [6.07, 6.45) is 4.22. The highest BCUT2D eigenvalue weighted by Crippen LogP contribution is 2.22. The van der Waals surface area contributed by atoms with Crippen molar-refractivity contribution in [2.45, 2.75) is 0 Å². The molecule has 0 amide bonds. The van der Waals surface area contributed by atoms with E-state index in [1.165, 1.54) is 30.4 Å². The summed E-state index contributed by atoms with van der Waals surface area (Å²) in [5.41, 5.74) is 2.31. The number of aromatic nitrogens is 2. The number of benzene rings is 2. The fourth-order valence-corrected chi connectivity index (χ4v) is 2.44. The average Bonchev–Trinajstić information content (AvgIpc) is 2.66. The third kappa shape index (κ3) is 4.45. The Morgan fingerprint density at radius 1 is 1.04 bits per heavy atom. The second-order valence-corrected chi connectivity index (χ2v) is 6.09. The molecule has 0 unspecified atom stereocenters. The highest BCUT2D eigenvalue weighted by atomic mass is 35.5. The average molecular weight is 387 g/mol. The number of ether oxygens (including phenoxy) is 1. The highest BCUT2D eigenvalue weighted by Gasteiger charge is 2.10. The van der Waals surface area contributed by atoms with Crippen LogP contribution in [0.2, 0.25) is 10.0 Å². The van der Waals surface area contributed by atoms with Gasteiger partial charge in [-0.1, -0.05) is 35.3 Å². The second kappa shape index (κ2) is 8.08. The van der Waals surface area contributed by atoms with E-state index in [2.05, 4.69) is 9.97 Å². The largest absolute Gasteiger partial charge is 0.454 e. The smallest absolute Gasteiger partial charge is 0.331 e. The van der Waals surface area contributed by atoms with Crippen molar-refractivity contribution in [3.8, 4) is 0 Å². The van der Waals surface area contributed by atoms with E-state index in [1.807, 2.05) is 24.3 Å². The van der Waals surface area contributed by atoms with Crippen LogP contribution in [0.25, 0.3) is 17.1 Å². The Morgan fingerprint density at radius 2 is 1.81 bits per heavy atom. The van der Waals surface area contributed by atoms with Crippen LogP contribution < -0.4 is 0 Å². The van der Waals surface area contributed by atoms with Crippen molar-refractivity contribution >= 4 is 52.1 Å². The van der Waals surface area contributed by atoms with Gasteiger partial charge in [0.15, 0.2) is 12.4 Å². The summed E-state index contributed by atoms with van der Waals surface area (Å²) in [7, 11) is 0. The van der Waals surface area contributed by atoms with Crippen LogP contribution in [0.5, 0.6) is 0 Å². The van der Waals surface area contributed by atoms with Gasteiger partial charge in [0, 0.05) is 11.6 Å². The lowest BCUT2D eigenvalue weighted by Gasteiger charge is -2.03. The molecule has 0 spiro atoms. The molecule has 26 heavy (non-hydrogen) atoms. The molecule has 7 heteroatoms. The summed E-state index contributed by atoms with van der Waals surface area (Å²) in [5, 5.41) is 0.609. The number of carbonyl (C=O) groups is 2. The summed E-state index contributed by atoms with van der Waals surface area (Å²) in [6, 6.07) is 11.9. The molecule has 5 nitrogen and oxygen atoms in total. The van der Waals surface area contributed by atoms with E-state index in [-0.39, 0.29) is 10.8 Å². The number of rotatable bonds is 5. The number of hydrogen-bond acceptors (Lipinski definition) is 5. The molecule has 3 rings (SSSR count). The Hall–Kier alpha value is -2.76. The number of para-hydroxylation sites is 2. The summed E-state index contributed by atoms with van der Waals surface area (Å²) < 4.78 is 4.94. The van der Waals surface area contributed by atoms with Crippen LogP contribution >= 0.6 is 23.2 Å². The lowest BCUT2D eigenvalue weighted by molar-refractivity contribution is -0.136. The summed E-state index contributed by atoms with van der Waals surface area (Å²) in [6.45, 7) is -0.398. The van der Waals surface area contributed by atoms with Gasteiger partial charge in [-0.25, -0.2) is 9.78 Å². The summed E-state index contributed by atoms with van der Waals surface area (Å²) >= 11 is 11.7. The number of esters is 1. The van der Waals surface area contributed by atoms with E-state index in [1.54, 1.807) is 6.20 Å². The molecule has 0 aliphatic heterocycles. The van der Waals surface area contributed by atoms with Crippen LogP contribution in [-0.2, 0) is 9.53 Å². The van der Waals surface area contributed by atoms with Gasteiger partial charge < -0.3 is 4.74 Å². The molecule has 1 aromatic heterocycles. The molecule has 2 aromatic carbocycles. The topological polar surface area (TPSA) is 69.2 Å². The minimum absolute atomic E-state index is 0.263. The zero-order valence-electron chi connectivity index (χ0n) is 13.4. The first-order chi connectivity index (χ1) is 12.5. The maximum atomic E-state index is 12.0. The summed E-state index contributed by atoms with van der Waals surface area (Å²) in [4.78, 5) is 32.4. The minimum Gasteiger partial charge on any atom is -0.454 e. The van der Waals surface area contributed by atoms with Gasteiger partial charge >= 0.3 is 5.97 Å². The van der Waals surface area contributed by atoms with E-state index in [4.69, 9.17) is 27.9 Å². The molecule has 0 N–H and O–H groups in total. The first kappa shape index (κ1) is 18.0. The molecule has 0 aliphatic carbocycles. The normalized spacial score (nSPS) is 11.0. The molecule has 0 radical (unpaired) electrons. The van der Waals surface area contributed by atoms with Crippen molar-refractivity contribution in [3.05, 3.63) is 76.0 Å². The van der Waals surface area contributed by atoms with E-state index in [9.17, 15) is 9.59 Å². The molecular weight excluding hydrogens is 375 g/mol. The Labute approximate surface area is 159 Å². The van der Waals surface area contributed by atoms with E-state index >= 15 is 0 Å². The van der Waals surface area contributed by atoms with Gasteiger partial charge in [-0.15, -0.1) is 0 Å². The molecule has 0 fully saturated rings. The molecule has 0 bridgehead atoms. The molecule has 3 aromatic rings. The zero-order valence-corrected chi connectivity index (χ0v) is 14.9. The number of ketones is 1. The minimum atomic E-state index is -0.659. The van der Waals surface area contributed by atoms with Crippen molar-refractivity contribution in [2.75, 3.05) is 6.61 Å². The molecule has 1 heterocycles. The first-order valence-corrected chi connectivity index (χ1v) is 8.33. The van der Waals surface area contributed by atoms with Crippen molar-refractivity contribution in [1.82, 2.24) is 9.97 Å². The molecule has 0 saturated heterocycles. The summed E-state index contributed by atoms with van der Waals surface area (Å²) in [5.74, 6) is -1.04. The van der Waals surface area contributed by atoms with Gasteiger partial charge in [-0.2, -0.15) is 0 Å². The van der Waals surface area contributed by atoms with Crippen LogP contribution in [0.15, 0.2) is 54.7 Å². The standard InChI is InChI=1S/C19H12Cl2N2O3/c20-14-7-5-12(9-15(14)21)18(24)11-26-19(25)8-6-13-10-22-16-3-1-2-4-17(16)23-13/h1-10H,11H2/b8-6+. The second-order valence-electron chi connectivity index (χ2n) is 5.28. The zero-order chi connectivity index (χ0) is 18.5. The van der Waals surface area contributed by atoms with Gasteiger partial charge in [0.1, 0.15) is 0 Å². The van der Waals surface area contributed by atoms with Crippen molar-refractivity contribution < 1.29 is 14.3 Å². The third-order valence-electron chi connectivity index (χ3n) is 3.44. The first-order valence-electron chi connectivity index (χ1n) is 7.58. The molecule has 0 aliphatic rings. The predicted molar refractivity (Wildman–Crippen MR) is 100 cm³/mol. The van der Waals surface area contributed by atoms with Crippen LogP contribution in [0.4, 0.5) is 0 Å². The molecule has 0 atom stereocenters.